The van der Waals surface area contributed by atoms with Crippen LogP contribution >= 0.6 is 22.9 Å². The van der Waals surface area contributed by atoms with Gasteiger partial charge in [-0.05, 0) is 36.6 Å². The van der Waals surface area contributed by atoms with Gasteiger partial charge in [0.25, 0.3) is 5.91 Å². The van der Waals surface area contributed by atoms with Crippen molar-refractivity contribution in [3.05, 3.63) is 69.8 Å². The van der Waals surface area contributed by atoms with E-state index in [-0.39, 0.29) is 16.5 Å². The van der Waals surface area contributed by atoms with Crippen LogP contribution in [0.15, 0.2) is 48.5 Å². The van der Waals surface area contributed by atoms with Crippen molar-refractivity contribution in [1.82, 2.24) is 4.98 Å². The number of aromatic carboxylic acids is 1. The van der Waals surface area contributed by atoms with Gasteiger partial charge in [-0.1, -0.05) is 41.9 Å². The second kappa shape index (κ2) is 7.13. The summed E-state index contributed by atoms with van der Waals surface area (Å²) in [5.74, 6) is -1.07. The Kier molecular flexibility index (Phi) is 4.68. The number of hydrogen-bond donors (Lipinski definition) is 2. The van der Waals surface area contributed by atoms with E-state index in [0.29, 0.717) is 17.3 Å². The molecule has 0 unspecified atom stereocenters. The molecule has 1 aliphatic carbocycles. The summed E-state index contributed by atoms with van der Waals surface area (Å²) < 4.78 is 0. The van der Waals surface area contributed by atoms with E-state index in [1.165, 1.54) is 12.1 Å². The van der Waals surface area contributed by atoms with Crippen molar-refractivity contribution in [2.75, 3.05) is 5.32 Å². The normalized spacial score (nSPS) is 13.4. The van der Waals surface area contributed by atoms with Crippen LogP contribution in [0.5, 0.6) is 0 Å². The Labute approximate surface area is 164 Å². The second-order valence-corrected chi connectivity index (χ2v) is 7.76. The molecule has 4 rings (SSSR count). The highest BCUT2D eigenvalue weighted by Gasteiger charge is 2.30. The molecule has 1 aromatic heterocycles. The predicted molar refractivity (Wildman–Crippen MR) is 106 cm³/mol. The summed E-state index contributed by atoms with van der Waals surface area (Å²) >= 11 is 7.44. The summed E-state index contributed by atoms with van der Waals surface area (Å²) in [6.45, 7) is 0. The first-order chi connectivity index (χ1) is 13.0. The largest absolute Gasteiger partial charge is 0.478 e. The molecular weight excluding hydrogens is 384 g/mol. The number of carbonyl (C=O) groups excluding carboxylic acids is 1. The van der Waals surface area contributed by atoms with Gasteiger partial charge in [0, 0.05) is 11.6 Å². The van der Waals surface area contributed by atoms with Crippen LogP contribution in [0.2, 0.25) is 5.02 Å². The molecule has 0 saturated heterocycles. The van der Waals surface area contributed by atoms with Crippen molar-refractivity contribution in [3.8, 4) is 10.4 Å². The monoisotopic (exact) mass is 398 g/mol. The van der Waals surface area contributed by atoms with Crippen LogP contribution in [0.3, 0.4) is 0 Å². The molecule has 7 heteroatoms. The van der Waals surface area contributed by atoms with E-state index in [1.54, 1.807) is 17.4 Å². The molecule has 2 N–H and O–H groups in total. The molecule has 5 nitrogen and oxygen atoms in total. The molecule has 1 aliphatic rings. The maximum Gasteiger partial charge on any atom is 0.337 e. The van der Waals surface area contributed by atoms with Crippen LogP contribution in [0, 0.1) is 0 Å². The third kappa shape index (κ3) is 3.72. The number of nitrogens with one attached hydrogen (secondary N) is 1. The standard InChI is InChI=1S/C20H15ClN2O3S/c21-15-9-8-13(10-14(15)20(25)26)22-18(24)16-17(11-4-2-1-3-5-11)27-19(23-16)12-6-7-12/h1-5,8-10,12H,6-7H2,(H,22,24)(H,25,26). The third-order valence-corrected chi connectivity index (χ3v) is 5.87. The second-order valence-electron chi connectivity index (χ2n) is 6.32. The summed E-state index contributed by atoms with van der Waals surface area (Å²) in [4.78, 5) is 29.5. The van der Waals surface area contributed by atoms with Crippen molar-refractivity contribution < 1.29 is 14.7 Å². The number of benzene rings is 2. The number of aromatic nitrogens is 1. The molecule has 1 heterocycles. The lowest BCUT2D eigenvalue weighted by atomic mass is 10.1. The molecule has 1 saturated carbocycles. The number of amides is 1. The van der Waals surface area contributed by atoms with E-state index >= 15 is 0 Å². The highest BCUT2D eigenvalue weighted by molar-refractivity contribution is 7.15. The van der Waals surface area contributed by atoms with Crippen molar-refractivity contribution in [2.24, 2.45) is 0 Å². The van der Waals surface area contributed by atoms with Gasteiger partial charge in [0.2, 0.25) is 0 Å². The van der Waals surface area contributed by atoms with Crippen molar-refractivity contribution in [2.45, 2.75) is 18.8 Å². The molecule has 0 spiro atoms. The predicted octanol–water partition coefficient (Wildman–Crippen LogP) is 5.29. The van der Waals surface area contributed by atoms with Crippen LogP contribution in [0.1, 0.15) is 44.6 Å². The lowest BCUT2D eigenvalue weighted by Gasteiger charge is -2.07. The van der Waals surface area contributed by atoms with E-state index in [1.807, 2.05) is 30.3 Å². The summed E-state index contributed by atoms with van der Waals surface area (Å²) in [5, 5.41) is 13.0. The number of carboxylic acids is 1. The molecule has 0 bridgehead atoms. The van der Waals surface area contributed by atoms with Crippen molar-refractivity contribution >= 4 is 40.5 Å². The number of nitrogens with zero attached hydrogens (tertiary/aromatic N) is 1. The van der Waals surface area contributed by atoms with Gasteiger partial charge in [-0.3, -0.25) is 4.79 Å². The molecule has 0 radical (unpaired) electrons. The van der Waals surface area contributed by atoms with Crippen molar-refractivity contribution in [3.63, 3.8) is 0 Å². The Morgan fingerprint density at radius 3 is 2.56 bits per heavy atom. The Balaban J connectivity index is 1.68. The smallest absolute Gasteiger partial charge is 0.337 e. The van der Waals surface area contributed by atoms with Gasteiger partial charge < -0.3 is 10.4 Å². The zero-order valence-corrected chi connectivity index (χ0v) is 15.7. The fraction of sp³-hybridized carbons (Fsp3) is 0.150. The molecule has 1 fully saturated rings. The quantitative estimate of drug-likeness (QED) is 0.611. The highest BCUT2D eigenvalue weighted by Crippen LogP contribution is 2.45. The first kappa shape index (κ1) is 17.7. The summed E-state index contributed by atoms with van der Waals surface area (Å²) in [6.07, 6.45) is 2.20. The average Bonchev–Trinajstić information content (AvgIpc) is 3.42. The first-order valence-corrected chi connectivity index (χ1v) is 9.62. The molecule has 3 aromatic rings. The minimum absolute atomic E-state index is 0.0605. The average molecular weight is 399 g/mol. The Hall–Kier alpha value is -2.70. The van der Waals surface area contributed by atoms with E-state index in [2.05, 4.69) is 10.3 Å². The molecule has 2 aromatic carbocycles. The first-order valence-electron chi connectivity index (χ1n) is 8.43. The van der Waals surface area contributed by atoms with E-state index < -0.39 is 5.97 Å². The van der Waals surface area contributed by atoms with Crippen molar-refractivity contribution in [1.29, 1.82) is 0 Å². The van der Waals surface area contributed by atoms with E-state index in [9.17, 15) is 14.7 Å². The molecule has 136 valence electrons. The summed E-state index contributed by atoms with van der Waals surface area (Å²) in [5.41, 5.74) is 1.60. The number of thiazole rings is 1. The SMILES string of the molecule is O=C(O)c1cc(NC(=O)c2nc(C3CC3)sc2-c2ccccc2)ccc1Cl. The van der Waals surface area contributed by atoms with Crippen LogP contribution < -0.4 is 5.32 Å². The number of carbonyl (C=O) groups is 2. The summed E-state index contributed by atoms with van der Waals surface area (Å²) in [6, 6.07) is 14.0. The van der Waals surface area contributed by atoms with Crippen LogP contribution in [0.4, 0.5) is 5.69 Å². The Bertz CT molecular complexity index is 1030. The molecule has 0 atom stereocenters. The minimum Gasteiger partial charge on any atom is -0.478 e. The van der Waals surface area contributed by atoms with E-state index in [0.717, 1.165) is 28.3 Å². The van der Waals surface area contributed by atoms with Gasteiger partial charge in [-0.15, -0.1) is 11.3 Å². The fourth-order valence-corrected chi connectivity index (χ4v) is 4.17. The zero-order chi connectivity index (χ0) is 19.0. The molecule has 1 amide bonds. The van der Waals surface area contributed by atoms with Gasteiger partial charge in [0.1, 0.15) is 5.69 Å². The number of hydrogen-bond acceptors (Lipinski definition) is 4. The lowest BCUT2D eigenvalue weighted by Crippen LogP contribution is -2.14. The highest BCUT2D eigenvalue weighted by atomic mass is 35.5. The number of carboxylic acid groups (broad SMARTS) is 1. The maximum absolute atomic E-state index is 12.9. The van der Waals surface area contributed by atoms with Gasteiger partial charge in [-0.25, -0.2) is 9.78 Å². The van der Waals surface area contributed by atoms with Crippen LogP contribution in [0.25, 0.3) is 10.4 Å². The maximum atomic E-state index is 12.9. The number of rotatable bonds is 5. The number of halogens is 1. The van der Waals surface area contributed by atoms with Crippen LogP contribution in [-0.4, -0.2) is 22.0 Å². The Morgan fingerprint density at radius 2 is 1.89 bits per heavy atom. The molecule has 27 heavy (non-hydrogen) atoms. The minimum atomic E-state index is -1.15. The molecule has 0 aliphatic heterocycles. The topological polar surface area (TPSA) is 79.3 Å². The third-order valence-electron chi connectivity index (χ3n) is 4.28. The van der Waals surface area contributed by atoms with Gasteiger partial charge in [0.15, 0.2) is 0 Å². The zero-order valence-electron chi connectivity index (χ0n) is 14.1. The van der Waals surface area contributed by atoms with E-state index in [4.69, 9.17) is 11.6 Å². The Morgan fingerprint density at radius 1 is 1.15 bits per heavy atom. The van der Waals surface area contributed by atoms with Gasteiger partial charge in [-0.2, -0.15) is 0 Å². The summed E-state index contributed by atoms with van der Waals surface area (Å²) in [7, 11) is 0. The van der Waals surface area contributed by atoms with Crippen LogP contribution in [-0.2, 0) is 0 Å². The van der Waals surface area contributed by atoms with Gasteiger partial charge >= 0.3 is 5.97 Å². The fourth-order valence-electron chi connectivity index (χ4n) is 2.74. The molecular formula is C20H15ClN2O3S. The lowest BCUT2D eigenvalue weighted by molar-refractivity contribution is 0.0696. The number of anilines is 1. The van der Waals surface area contributed by atoms with Gasteiger partial charge in [0.05, 0.1) is 20.5 Å².